The van der Waals surface area contributed by atoms with Crippen molar-refractivity contribution in [1.29, 1.82) is 0 Å². The zero-order valence-corrected chi connectivity index (χ0v) is 19.7. The molecule has 0 bridgehead atoms. The molecule has 2 N–H and O–H groups in total. The first-order valence-electron chi connectivity index (χ1n) is 11.2. The molecule has 0 spiro atoms. The minimum Gasteiger partial charge on any atom is -0.452 e. The van der Waals surface area contributed by atoms with Gasteiger partial charge in [0.25, 0.3) is 5.91 Å². The van der Waals surface area contributed by atoms with Crippen molar-refractivity contribution < 1.29 is 13.9 Å². The van der Waals surface area contributed by atoms with E-state index in [0.717, 1.165) is 11.8 Å². The molecule has 5 rings (SSSR count). The molecule has 5 aromatic rings. The number of aromatic nitrogens is 6. The maximum Gasteiger partial charge on any atom is 0.328 e. The number of halogens is 1. The van der Waals surface area contributed by atoms with Crippen molar-refractivity contribution in [2.24, 2.45) is 0 Å². The van der Waals surface area contributed by atoms with Gasteiger partial charge in [0.2, 0.25) is 0 Å². The van der Waals surface area contributed by atoms with Crippen LogP contribution in [0.4, 0.5) is 10.1 Å². The average molecular weight is 487 g/mol. The molecule has 2 aromatic carbocycles. The number of pyridine rings is 1. The summed E-state index contributed by atoms with van der Waals surface area (Å²) in [7, 11) is 0. The predicted molar refractivity (Wildman–Crippen MR) is 131 cm³/mol. The maximum absolute atomic E-state index is 15.0. The lowest BCUT2D eigenvalue weighted by Gasteiger charge is -2.12. The zero-order chi connectivity index (χ0) is 25.4. The van der Waals surface area contributed by atoms with Gasteiger partial charge in [-0.15, -0.1) is 5.10 Å². The number of nitrogens with one attached hydrogen (secondary N) is 2. The Balaban J connectivity index is 1.38. The van der Waals surface area contributed by atoms with Crippen LogP contribution < -0.4 is 15.7 Å². The Morgan fingerprint density at radius 3 is 2.61 bits per heavy atom. The second-order valence-corrected chi connectivity index (χ2v) is 8.37. The number of H-pyrrole nitrogens is 1. The van der Waals surface area contributed by atoms with E-state index in [9.17, 15) is 14.0 Å². The highest BCUT2D eigenvalue weighted by atomic mass is 19.1. The van der Waals surface area contributed by atoms with Crippen molar-refractivity contribution in [2.45, 2.75) is 26.8 Å². The number of fused-ring (bicyclic) bond motifs is 1. The van der Waals surface area contributed by atoms with Gasteiger partial charge in [-0.3, -0.25) is 14.3 Å². The fraction of sp³-hybridized carbons (Fsp3) is 0.160. The lowest BCUT2D eigenvalue weighted by molar-refractivity contribution is 0.102. The van der Waals surface area contributed by atoms with Gasteiger partial charge in [0.05, 0.1) is 11.4 Å². The number of nitrogens with zero attached hydrogens (tertiary/aromatic N) is 5. The quantitative estimate of drug-likeness (QED) is 0.367. The second-order valence-electron chi connectivity index (χ2n) is 8.37. The van der Waals surface area contributed by atoms with Crippen LogP contribution in [-0.4, -0.2) is 35.4 Å². The number of aromatic amines is 1. The van der Waals surface area contributed by atoms with Crippen molar-refractivity contribution in [2.75, 3.05) is 5.32 Å². The summed E-state index contributed by atoms with van der Waals surface area (Å²) in [5.74, 6) is -1.02. The molecule has 1 amide bonds. The SMILES string of the molecule is Cc1c(C(=O)Nc2ccc(Oc3ccnc4[nH]c(=O)n(C(C)C)c34)c(F)c2)nnn1-c1ccccc1. The normalized spacial score (nSPS) is 11.2. The van der Waals surface area contributed by atoms with Crippen LogP contribution in [0.5, 0.6) is 11.5 Å². The van der Waals surface area contributed by atoms with Gasteiger partial charge in [-0.25, -0.2) is 18.9 Å². The molecule has 0 fully saturated rings. The third kappa shape index (κ3) is 4.11. The molecule has 0 aliphatic carbocycles. The Bertz CT molecular complexity index is 1640. The van der Waals surface area contributed by atoms with Crippen molar-refractivity contribution in [3.05, 3.63) is 88.5 Å². The fourth-order valence-corrected chi connectivity index (χ4v) is 3.92. The minimum atomic E-state index is -0.698. The predicted octanol–water partition coefficient (Wildman–Crippen LogP) is 4.38. The molecular weight excluding hydrogens is 465 g/mol. The van der Waals surface area contributed by atoms with Gasteiger partial charge in [-0.2, -0.15) is 0 Å². The van der Waals surface area contributed by atoms with Crippen LogP contribution in [0.3, 0.4) is 0 Å². The van der Waals surface area contributed by atoms with E-state index in [1.165, 1.54) is 22.9 Å². The molecule has 0 unspecified atom stereocenters. The van der Waals surface area contributed by atoms with E-state index < -0.39 is 11.7 Å². The number of carbonyl (C=O) groups excluding carboxylic acids is 1. The molecule has 0 radical (unpaired) electrons. The van der Waals surface area contributed by atoms with E-state index in [1.807, 2.05) is 44.2 Å². The lowest BCUT2D eigenvalue weighted by atomic mass is 10.2. The van der Waals surface area contributed by atoms with E-state index >= 15 is 0 Å². The summed E-state index contributed by atoms with van der Waals surface area (Å²) in [5.41, 5.74) is 2.10. The molecular formula is C25H22FN7O3. The van der Waals surface area contributed by atoms with Gasteiger partial charge >= 0.3 is 5.69 Å². The Kier molecular flexibility index (Phi) is 5.80. The lowest BCUT2D eigenvalue weighted by Crippen LogP contribution is -2.18. The largest absolute Gasteiger partial charge is 0.452 e. The number of anilines is 1. The van der Waals surface area contributed by atoms with Crippen LogP contribution >= 0.6 is 0 Å². The number of hydrogen-bond donors (Lipinski definition) is 2. The van der Waals surface area contributed by atoms with Gasteiger partial charge in [0, 0.05) is 30.1 Å². The summed E-state index contributed by atoms with van der Waals surface area (Å²) in [6, 6.07) is 14.7. The number of rotatable bonds is 6. The smallest absolute Gasteiger partial charge is 0.328 e. The number of hydrogen-bond acceptors (Lipinski definition) is 6. The first kappa shape index (κ1) is 23.0. The van der Waals surface area contributed by atoms with E-state index in [1.54, 1.807) is 17.7 Å². The molecule has 3 heterocycles. The summed E-state index contributed by atoms with van der Waals surface area (Å²) < 4.78 is 23.8. The Labute approximate surface area is 204 Å². The molecule has 0 aliphatic rings. The zero-order valence-electron chi connectivity index (χ0n) is 19.7. The topological polar surface area (TPSA) is 120 Å². The van der Waals surface area contributed by atoms with Gasteiger partial charge in [0.1, 0.15) is 5.52 Å². The van der Waals surface area contributed by atoms with Gasteiger partial charge in [-0.1, -0.05) is 23.4 Å². The Hall–Kier alpha value is -4.80. The monoisotopic (exact) mass is 487 g/mol. The third-order valence-corrected chi connectivity index (χ3v) is 5.61. The van der Waals surface area contributed by atoms with Crippen LogP contribution in [0.25, 0.3) is 16.9 Å². The van der Waals surface area contributed by atoms with Crippen LogP contribution in [0.15, 0.2) is 65.6 Å². The van der Waals surface area contributed by atoms with Crippen LogP contribution in [0, 0.1) is 12.7 Å². The number of carbonyl (C=O) groups is 1. The molecule has 182 valence electrons. The number of ether oxygens (including phenoxy) is 1. The molecule has 10 nitrogen and oxygen atoms in total. The number of para-hydroxylation sites is 1. The second kappa shape index (κ2) is 9.10. The van der Waals surface area contributed by atoms with E-state index in [4.69, 9.17) is 4.74 Å². The van der Waals surface area contributed by atoms with Crippen molar-refractivity contribution in [3.8, 4) is 17.2 Å². The highest BCUT2D eigenvalue weighted by Crippen LogP contribution is 2.31. The molecule has 36 heavy (non-hydrogen) atoms. The summed E-state index contributed by atoms with van der Waals surface area (Å²) in [5, 5.41) is 10.7. The molecule has 3 aromatic heterocycles. The van der Waals surface area contributed by atoms with E-state index in [0.29, 0.717) is 16.9 Å². The van der Waals surface area contributed by atoms with Gasteiger partial charge in [-0.05, 0) is 45.0 Å². The minimum absolute atomic E-state index is 0.0735. The summed E-state index contributed by atoms with van der Waals surface area (Å²) in [4.78, 5) is 31.9. The number of benzene rings is 2. The van der Waals surface area contributed by atoms with Crippen LogP contribution in [0.1, 0.15) is 36.1 Å². The fourth-order valence-electron chi connectivity index (χ4n) is 3.92. The van der Waals surface area contributed by atoms with Gasteiger partial charge in [0.15, 0.2) is 28.7 Å². The maximum atomic E-state index is 15.0. The van der Waals surface area contributed by atoms with E-state index in [-0.39, 0.29) is 34.6 Å². The molecule has 0 saturated carbocycles. The van der Waals surface area contributed by atoms with Gasteiger partial charge < -0.3 is 10.1 Å². The summed E-state index contributed by atoms with van der Waals surface area (Å²) in [6.07, 6.45) is 1.47. The average Bonchev–Trinajstić information content (AvgIpc) is 3.41. The van der Waals surface area contributed by atoms with Crippen LogP contribution in [0.2, 0.25) is 0 Å². The highest BCUT2D eigenvalue weighted by Gasteiger charge is 2.20. The number of imidazole rings is 1. The Morgan fingerprint density at radius 2 is 1.89 bits per heavy atom. The first-order valence-corrected chi connectivity index (χ1v) is 11.2. The van der Waals surface area contributed by atoms with E-state index in [2.05, 4.69) is 25.6 Å². The van der Waals surface area contributed by atoms with Crippen LogP contribution in [-0.2, 0) is 0 Å². The highest BCUT2D eigenvalue weighted by molar-refractivity contribution is 6.03. The molecule has 11 heteroatoms. The molecule has 0 aliphatic heterocycles. The van der Waals surface area contributed by atoms with Crippen molar-refractivity contribution in [3.63, 3.8) is 0 Å². The standard InChI is InChI=1S/C25H22FN7O3/c1-14(2)32-22-20(11-12-27-23(22)29-25(32)35)36-19-10-9-16(13-18(19)26)28-24(34)21-15(3)33(31-30-21)17-7-5-4-6-8-17/h4-14H,1-3H3,(H,28,34)(H,27,29,35). The number of amides is 1. The first-order chi connectivity index (χ1) is 17.3. The molecule has 0 saturated heterocycles. The third-order valence-electron chi connectivity index (χ3n) is 5.61. The summed E-state index contributed by atoms with van der Waals surface area (Å²) >= 11 is 0. The summed E-state index contributed by atoms with van der Waals surface area (Å²) in [6.45, 7) is 5.43. The van der Waals surface area contributed by atoms with Crippen molar-refractivity contribution in [1.82, 2.24) is 29.5 Å². The van der Waals surface area contributed by atoms with Crippen molar-refractivity contribution >= 4 is 22.8 Å². The Morgan fingerprint density at radius 1 is 1.11 bits per heavy atom. The molecule has 0 atom stereocenters.